The molecule has 0 atom stereocenters. The van der Waals surface area contributed by atoms with Crippen LogP contribution in [0, 0.1) is 0 Å². The van der Waals surface area contributed by atoms with E-state index < -0.39 is 10.0 Å². The molecule has 0 saturated carbocycles. The molecule has 2 aromatic rings. The van der Waals surface area contributed by atoms with Gasteiger partial charge in [-0.15, -0.1) is 0 Å². The van der Waals surface area contributed by atoms with Gasteiger partial charge in [-0.25, -0.2) is 8.42 Å². The molecule has 2 aromatic carbocycles. The van der Waals surface area contributed by atoms with Gasteiger partial charge in [-0.3, -0.25) is 0 Å². The molecule has 1 aliphatic rings. The smallest absolute Gasteiger partial charge is 0.244 e. The summed E-state index contributed by atoms with van der Waals surface area (Å²) in [7, 11) is -2.06. The Kier molecular flexibility index (Phi) is 4.68. The van der Waals surface area contributed by atoms with Gasteiger partial charge in [0.2, 0.25) is 16.8 Å². The summed E-state index contributed by atoms with van der Waals surface area (Å²) >= 11 is 6.62. The lowest BCUT2D eigenvalue weighted by molar-refractivity contribution is 0.174. The molecule has 0 saturated heterocycles. The zero-order chi connectivity index (χ0) is 16.6. The molecule has 0 aliphatic carbocycles. The fourth-order valence-electron chi connectivity index (χ4n) is 2.23. The number of hydrogen-bond donors (Lipinski definition) is 0. The number of rotatable bonds is 4. The van der Waals surface area contributed by atoms with Gasteiger partial charge < -0.3 is 9.47 Å². The normalized spacial score (nSPS) is 13.6. The Morgan fingerprint density at radius 2 is 1.83 bits per heavy atom. The highest BCUT2D eigenvalue weighted by Crippen LogP contribution is 2.33. The zero-order valence-corrected chi connectivity index (χ0v) is 16.1. The number of ether oxygens (including phenoxy) is 2. The van der Waals surface area contributed by atoms with Crippen LogP contribution in [-0.4, -0.2) is 26.6 Å². The summed E-state index contributed by atoms with van der Waals surface area (Å²) in [4.78, 5) is 0.226. The minimum atomic E-state index is -3.61. The van der Waals surface area contributed by atoms with E-state index in [0.717, 1.165) is 10.0 Å². The van der Waals surface area contributed by atoms with E-state index >= 15 is 0 Å². The van der Waals surface area contributed by atoms with Crippen LogP contribution in [0.1, 0.15) is 5.56 Å². The maximum absolute atomic E-state index is 12.7. The molecule has 3 rings (SSSR count). The van der Waals surface area contributed by atoms with E-state index in [1.807, 2.05) is 6.07 Å². The van der Waals surface area contributed by atoms with Crippen LogP contribution in [0.4, 0.5) is 0 Å². The molecule has 122 valence electrons. The number of nitrogens with zero attached hydrogens (tertiary/aromatic N) is 1. The molecule has 0 unspecified atom stereocenters. The van der Waals surface area contributed by atoms with Gasteiger partial charge in [-0.05, 0) is 51.8 Å². The molecule has 0 spiro atoms. The van der Waals surface area contributed by atoms with Crippen LogP contribution in [-0.2, 0) is 16.6 Å². The van der Waals surface area contributed by atoms with Crippen LogP contribution in [0.3, 0.4) is 0 Å². The maximum atomic E-state index is 12.7. The van der Waals surface area contributed by atoms with E-state index in [2.05, 4.69) is 31.9 Å². The first-order valence-corrected chi connectivity index (χ1v) is 9.70. The van der Waals surface area contributed by atoms with Gasteiger partial charge in [-0.1, -0.05) is 22.0 Å². The molecule has 0 radical (unpaired) electrons. The predicted octanol–water partition coefficient (Wildman–Crippen LogP) is 3.76. The number of sulfonamides is 1. The van der Waals surface area contributed by atoms with Crippen molar-refractivity contribution in [2.75, 3.05) is 13.8 Å². The maximum Gasteiger partial charge on any atom is 0.244 e. The molecular weight excluding hydrogens is 450 g/mol. The van der Waals surface area contributed by atoms with Crippen molar-refractivity contribution in [3.05, 3.63) is 50.9 Å². The molecule has 23 heavy (non-hydrogen) atoms. The third-order valence-electron chi connectivity index (χ3n) is 3.42. The number of halogens is 2. The Morgan fingerprint density at radius 1 is 1.09 bits per heavy atom. The lowest BCUT2D eigenvalue weighted by Gasteiger charge is -2.18. The quantitative estimate of drug-likeness (QED) is 0.694. The molecule has 0 bridgehead atoms. The van der Waals surface area contributed by atoms with Crippen molar-refractivity contribution in [3.63, 3.8) is 0 Å². The molecule has 5 nitrogen and oxygen atoms in total. The van der Waals surface area contributed by atoms with Crippen LogP contribution < -0.4 is 9.47 Å². The molecule has 0 N–H and O–H groups in total. The monoisotopic (exact) mass is 461 g/mol. The molecule has 0 fully saturated rings. The van der Waals surface area contributed by atoms with Crippen molar-refractivity contribution >= 4 is 41.9 Å². The molecule has 1 heterocycles. The summed E-state index contributed by atoms with van der Waals surface area (Å²) in [6, 6.07) is 10.4. The highest BCUT2D eigenvalue weighted by atomic mass is 79.9. The largest absolute Gasteiger partial charge is 0.454 e. The topological polar surface area (TPSA) is 55.8 Å². The number of fused-ring (bicyclic) bond motifs is 1. The van der Waals surface area contributed by atoms with Gasteiger partial charge in [0, 0.05) is 22.5 Å². The number of benzene rings is 2. The molecule has 0 amide bonds. The van der Waals surface area contributed by atoms with Gasteiger partial charge in [0.25, 0.3) is 0 Å². The van der Waals surface area contributed by atoms with Gasteiger partial charge in [0.05, 0.1) is 4.90 Å². The summed E-state index contributed by atoms with van der Waals surface area (Å²) in [5.74, 6) is 1.31. The fraction of sp³-hybridized carbons (Fsp3) is 0.200. The van der Waals surface area contributed by atoms with E-state index in [1.165, 1.54) is 4.31 Å². The summed E-state index contributed by atoms with van der Waals surface area (Å²) in [6.45, 7) is 0.431. The SMILES string of the molecule is CN(Cc1ccc2c(c1)OCO2)S(=O)(=O)c1ccc(Br)cc1Br. The second-order valence-electron chi connectivity index (χ2n) is 5.02. The number of hydrogen-bond acceptors (Lipinski definition) is 4. The van der Waals surface area contributed by atoms with Crippen LogP contribution in [0.25, 0.3) is 0 Å². The Morgan fingerprint density at radius 3 is 2.57 bits per heavy atom. The van der Waals surface area contributed by atoms with Crippen molar-refractivity contribution in [2.24, 2.45) is 0 Å². The van der Waals surface area contributed by atoms with Crippen molar-refractivity contribution in [2.45, 2.75) is 11.4 Å². The molecule has 8 heteroatoms. The Balaban J connectivity index is 1.85. The first-order valence-electron chi connectivity index (χ1n) is 6.68. The van der Waals surface area contributed by atoms with E-state index in [4.69, 9.17) is 9.47 Å². The van der Waals surface area contributed by atoms with Gasteiger partial charge in [0.15, 0.2) is 11.5 Å². The average molecular weight is 463 g/mol. The third kappa shape index (κ3) is 3.40. The lowest BCUT2D eigenvalue weighted by Crippen LogP contribution is -2.26. The minimum Gasteiger partial charge on any atom is -0.454 e. The van der Waals surface area contributed by atoms with Crippen molar-refractivity contribution < 1.29 is 17.9 Å². The van der Waals surface area contributed by atoms with Crippen LogP contribution >= 0.6 is 31.9 Å². The zero-order valence-electron chi connectivity index (χ0n) is 12.1. The first-order chi connectivity index (χ1) is 10.9. The second kappa shape index (κ2) is 6.43. The van der Waals surface area contributed by atoms with E-state index in [9.17, 15) is 8.42 Å². The van der Waals surface area contributed by atoms with Crippen LogP contribution in [0.2, 0.25) is 0 Å². The summed E-state index contributed by atoms with van der Waals surface area (Å²) in [6.07, 6.45) is 0. The fourth-order valence-corrected chi connectivity index (χ4v) is 5.09. The van der Waals surface area contributed by atoms with Gasteiger partial charge in [-0.2, -0.15) is 4.31 Å². The molecule has 0 aromatic heterocycles. The van der Waals surface area contributed by atoms with Crippen molar-refractivity contribution in [1.82, 2.24) is 4.31 Å². The average Bonchev–Trinajstić information content (AvgIpc) is 2.94. The standard InChI is InChI=1S/C15H13Br2NO4S/c1-18(8-10-2-4-13-14(6-10)22-9-21-13)23(19,20)15-5-3-11(16)7-12(15)17/h2-7H,8-9H2,1H3. The third-order valence-corrected chi connectivity index (χ3v) is 6.70. The Bertz CT molecular complexity index is 855. The van der Waals surface area contributed by atoms with Gasteiger partial charge in [0.1, 0.15) is 0 Å². The van der Waals surface area contributed by atoms with Crippen LogP contribution in [0.5, 0.6) is 11.5 Å². The first kappa shape index (κ1) is 16.8. The van der Waals surface area contributed by atoms with Gasteiger partial charge >= 0.3 is 0 Å². The highest BCUT2D eigenvalue weighted by Gasteiger charge is 2.24. The Hall–Kier alpha value is -1.09. The van der Waals surface area contributed by atoms with E-state index in [0.29, 0.717) is 16.0 Å². The lowest BCUT2D eigenvalue weighted by atomic mass is 10.2. The highest BCUT2D eigenvalue weighted by molar-refractivity contribution is 9.11. The minimum absolute atomic E-state index is 0.193. The van der Waals surface area contributed by atoms with E-state index in [1.54, 1.807) is 37.4 Å². The summed E-state index contributed by atoms with van der Waals surface area (Å²) < 4.78 is 38.7. The van der Waals surface area contributed by atoms with Crippen molar-refractivity contribution in [3.8, 4) is 11.5 Å². The summed E-state index contributed by atoms with van der Waals surface area (Å²) in [5.41, 5.74) is 0.827. The molecule has 1 aliphatic heterocycles. The predicted molar refractivity (Wildman–Crippen MR) is 93.1 cm³/mol. The Labute approximate surface area is 151 Å². The summed E-state index contributed by atoms with van der Waals surface area (Å²) in [5, 5.41) is 0. The van der Waals surface area contributed by atoms with E-state index in [-0.39, 0.29) is 18.2 Å². The second-order valence-corrected chi connectivity index (χ2v) is 8.81. The van der Waals surface area contributed by atoms with Crippen molar-refractivity contribution in [1.29, 1.82) is 0 Å². The molecular formula is C15H13Br2NO4S. The van der Waals surface area contributed by atoms with Crippen LogP contribution in [0.15, 0.2) is 50.2 Å².